The highest BCUT2D eigenvalue weighted by Gasteiger charge is 2.41. The van der Waals surface area contributed by atoms with E-state index in [9.17, 15) is 9.59 Å². The average Bonchev–Trinajstić information content (AvgIpc) is 3.21. The van der Waals surface area contributed by atoms with Crippen LogP contribution in [-0.2, 0) is 11.3 Å². The van der Waals surface area contributed by atoms with Gasteiger partial charge in [-0.1, -0.05) is 12.1 Å². The molecule has 1 aromatic rings. The van der Waals surface area contributed by atoms with Gasteiger partial charge >= 0.3 is 11.8 Å². The van der Waals surface area contributed by atoms with Crippen LogP contribution in [0.3, 0.4) is 0 Å². The number of allylic oxidation sites excluding steroid dienone is 1. The van der Waals surface area contributed by atoms with E-state index < -0.39 is 11.9 Å². The van der Waals surface area contributed by atoms with Crippen LogP contribution in [-0.4, -0.2) is 63.2 Å². The lowest BCUT2D eigenvalue weighted by molar-refractivity contribution is -0.138. The van der Waals surface area contributed by atoms with Gasteiger partial charge in [-0.3, -0.25) is 14.8 Å². The zero-order valence-corrected chi connectivity index (χ0v) is 18.1. The van der Waals surface area contributed by atoms with Crippen LogP contribution in [0.25, 0.3) is 0 Å². The fourth-order valence-corrected chi connectivity index (χ4v) is 4.85. The molecular weight excluding hydrogens is 408 g/mol. The summed E-state index contributed by atoms with van der Waals surface area (Å²) in [6.07, 6.45) is 10.5. The van der Waals surface area contributed by atoms with Crippen LogP contribution in [0.5, 0.6) is 0 Å². The molecule has 0 radical (unpaired) electrons. The molecule has 3 heterocycles. The van der Waals surface area contributed by atoms with Gasteiger partial charge in [-0.15, -0.1) is 0 Å². The molecule has 3 N–H and O–H groups in total. The number of carbonyl (C=O) groups excluding carboxylic acids is 1. The van der Waals surface area contributed by atoms with Crippen molar-refractivity contribution in [2.45, 2.75) is 38.8 Å². The Morgan fingerprint density at radius 3 is 2.59 bits per heavy atom. The second kappa shape index (κ2) is 9.53. The number of rotatable bonds is 7. The third-order valence-electron chi connectivity index (χ3n) is 6.63. The van der Waals surface area contributed by atoms with Crippen LogP contribution in [0.4, 0.5) is 0 Å². The Kier molecular flexibility index (Phi) is 6.55. The van der Waals surface area contributed by atoms with Crippen molar-refractivity contribution in [1.82, 2.24) is 19.9 Å². The Labute approximate surface area is 187 Å². The van der Waals surface area contributed by atoms with Crippen LogP contribution in [0.2, 0.25) is 0 Å². The van der Waals surface area contributed by atoms with Crippen molar-refractivity contribution >= 4 is 23.9 Å². The highest BCUT2D eigenvalue weighted by atomic mass is 16.5. The van der Waals surface area contributed by atoms with Gasteiger partial charge < -0.3 is 10.0 Å². The number of carbonyl (C=O) groups is 2. The summed E-state index contributed by atoms with van der Waals surface area (Å²) >= 11 is 0. The highest BCUT2D eigenvalue weighted by Crippen LogP contribution is 2.35. The van der Waals surface area contributed by atoms with E-state index in [2.05, 4.69) is 32.8 Å². The molecule has 8 nitrogen and oxygen atoms in total. The maximum atomic E-state index is 11.5. The molecule has 168 valence electrons. The van der Waals surface area contributed by atoms with E-state index in [-0.39, 0.29) is 18.4 Å². The third-order valence-corrected chi connectivity index (χ3v) is 6.63. The SMILES string of the molecule is CC(CC(=O)O)N1CCC(C2=CC=[N+]=C3C2C=CN3Cc2ccc(C(=O)NO)cc2)CC1. The van der Waals surface area contributed by atoms with Gasteiger partial charge in [-0.2, -0.15) is 0 Å². The molecule has 4 rings (SSSR count). The van der Waals surface area contributed by atoms with Crippen molar-refractivity contribution in [2.75, 3.05) is 13.1 Å². The molecule has 8 heteroatoms. The minimum absolute atomic E-state index is 0.0641. The third kappa shape index (κ3) is 4.67. The smallest absolute Gasteiger partial charge is 0.360 e. The van der Waals surface area contributed by atoms with E-state index in [0.29, 0.717) is 18.0 Å². The minimum atomic E-state index is -0.743. The Bertz CT molecular complexity index is 999. The summed E-state index contributed by atoms with van der Waals surface area (Å²) in [6, 6.07) is 7.20. The second-order valence-electron chi connectivity index (χ2n) is 8.65. The molecule has 0 saturated carbocycles. The number of fused-ring (bicyclic) bond motifs is 1. The monoisotopic (exact) mass is 437 g/mol. The van der Waals surface area contributed by atoms with Crippen LogP contribution in [0.15, 0.2) is 48.2 Å². The molecule has 0 bridgehead atoms. The summed E-state index contributed by atoms with van der Waals surface area (Å²) in [7, 11) is 0. The fourth-order valence-electron chi connectivity index (χ4n) is 4.85. The summed E-state index contributed by atoms with van der Waals surface area (Å²) in [4.78, 5) is 26.9. The van der Waals surface area contributed by atoms with E-state index in [4.69, 9.17) is 10.3 Å². The number of carboxylic acid groups (broad SMARTS) is 1. The number of hydroxylamine groups is 1. The van der Waals surface area contributed by atoms with E-state index in [1.165, 1.54) is 5.57 Å². The number of carboxylic acids is 1. The predicted octanol–water partition coefficient (Wildman–Crippen LogP) is 1.80. The molecule has 1 fully saturated rings. The van der Waals surface area contributed by atoms with Gasteiger partial charge in [0.25, 0.3) is 5.91 Å². The normalized spacial score (nSPS) is 21.7. The molecule has 2 unspecified atom stereocenters. The first kappa shape index (κ1) is 22.0. The van der Waals surface area contributed by atoms with Crippen LogP contribution in [0, 0.1) is 11.8 Å². The van der Waals surface area contributed by atoms with Gasteiger partial charge in [0.15, 0.2) is 6.21 Å². The lowest BCUT2D eigenvalue weighted by atomic mass is 9.80. The van der Waals surface area contributed by atoms with Gasteiger partial charge in [-0.25, -0.2) is 15.0 Å². The molecule has 0 aliphatic carbocycles. The summed E-state index contributed by atoms with van der Waals surface area (Å²) < 4.78 is 4.65. The number of amidine groups is 1. The van der Waals surface area contributed by atoms with Crippen molar-refractivity contribution < 1.29 is 19.9 Å². The number of piperidine rings is 1. The van der Waals surface area contributed by atoms with Gasteiger partial charge in [0.1, 0.15) is 12.5 Å². The van der Waals surface area contributed by atoms with E-state index in [0.717, 1.165) is 37.3 Å². The molecule has 32 heavy (non-hydrogen) atoms. The van der Waals surface area contributed by atoms with Crippen LogP contribution >= 0.6 is 0 Å². The predicted molar refractivity (Wildman–Crippen MR) is 121 cm³/mol. The zero-order valence-electron chi connectivity index (χ0n) is 18.1. The van der Waals surface area contributed by atoms with Gasteiger partial charge in [0.2, 0.25) is 0 Å². The van der Waals surface area contributed by atoms with Crippen molar-refractivity contribution in [3.63, 3.8) is 0 Å². The number of amides is 1. The first-order valence-electron chi connectivity index (χ1n) is 11.0. The first-order valence-corrected chi connectivity index (χ1v) is 11.0. The summed E-state index contributed by atoms with van der Waals surface area (Å²) in [5.74, 6) is 0.388. The Morgan fingerprint density at radius 2 is 1.94 bits per heavy atom. The van der Waals surface area contributed by atoms with Crippen molar-refractivity contribution in [3.8, 4) is 0 Å². The molecule has 1 saturated heterocycles. The number of aliphatic carboxylic acids is 1. The number of hydrogen-bond acceptors (Lipinski definition) is 5. The van der Waals surface area contributed by atoms with Crippen molar-refractivity contribution in [1.29, 1.82) is 0 Å². The number of nitrogens with one attached hydrogen (secondary N) is 1. The van der Waals surface area contributed by atoms with E-state index >= 15 is 0 Å². The molecule has 2 atom stereocenters. The average molecular weight is 438 g/mol. The number of nitrogens with zero attached hydrogens (tertiary/aromatic N) is 3. The fraction of sp³-hybridized carbons (Fsp3) is 0.417. The number of benzene rings is 1. The number of hydrogen-bond donors (Lipinski definition) is 3. The zero-order chi connectivity index (χ0) is 22.7. The molecule has 0 spiro atoms. The molecule has 3 aliphatic rings. The maximum absolute atomic E-state index is 11.5. The summed E-state index contributed by atoms with van der Waals surface area (Å²) in [6.45, 7) is 4.47. The Hall–Kier alpha value is -3.19. The molecule has 1 aromatic carbocycles. The van der Waals surface area contributed by atoms with E-state index in [1.54, 1.807) is 17.6 Å². The molecule has 1 amide bonds. The van der Waals surface area contributed by atoms with Crippen molar-refractivity contribution in [2.24, 2.45) is 11.8 Å². The highest BCUT2D eigenvalue weighted by molar-refractivity contribution is 5.97. The molecule has 0 aromatic heterocycles. The number of likely N-dealkylation sites (tertiary alicyclic amines) is 1. The van der Waals surface area contributed by atoms with E-state index in [1.807, 2.05) is 25.3 Å². The van der Waals surface area contributed by atoms with Crippen LogP contribution in [0.1, 0.15) is 42.1 Å². The molecule has 3 aliphatic heterocycles. The maximum Gasteiger partial charge on any atom is 0.360 e. The second-order valence-corrected chi connectivity index (χ2v) is 8.65. The van der Waals surface area contributed by atoms with Gasteiger partial charge in [0, 0.05) is 11.6 Å². The molecular formula is C24H29N4O4+. The quantitative estimate of drug-likeness (QED) is 0.341. The topological polar surface area (TPSA) is 107 Å². The summed E-state index contributed by atoms with van der Waals surface area (Å²) in [5.41, 5.74) is 4.48. The standard InChI is InChI=1S/C24H28N4O4/c1-16(14-22(29)30)27-11-7-18(8-12-27)20-6-10-25-23-21(20)9-13-28(23)15-17-2-4-19(5-3-17)24(31)26-32/h2-6,9-10,13,16,18,21H,7-8,11-12,14-15H2,1H3,(H2-,26,29,30,31,32)/p+1. The largest absolute Gasteiger partial charge is 0.481 e. The first-order chi connectivity index (χ1) is 15.5. The minimum Gasteiger partial charge on any atom is -0.481 e. The lowest BCUT2D eigenvalue weighted by Gasteiger charge is -2.37. The van der Waals surface area contributed by atoms with Gasteiger partial charge in [0.05, 0.1) is 12.6 Å². The summed E-state index contributed by atoms with van der Waals surface area (Å²) in [5, 5.41) is 17.8. The lowest BCUT2D eigenvalue weighted by Crippen LogP contribution is -2.42. The van der Waals surface area contributed by atoms with Crippen molar-refractivity contribution in [3.05, 3.63) is 59.3 Å². The van der Waals surface area contributed by atoms with Crippen LogP contribution < -0.4 is 10.1 Å². The Balaban J connectivity index is 1.37. The Morgan fingerprint density at radius 1 is 1.22 bits per heavy atom. The van der Waals surface area contributed by atoms with Gasteiger partial charge in [-0.05, 0) is 74.2 Å².